The van der Waals surface area contributed by atoms with E-state index in [1.54, 1.807) is 24.1 Å². The Bertz CT molecular complexity index is 1050. The first-order chi connectivity index (χ1) is 15.1. The van der Waals surface area contributed by atoms with Gasteiger partial charge in [0.2, 0.25) is 6.79 Å². The van der Waals surface area contributed by atoms with E-state index in [0.29, 0.717) is 29.6 Å². The van der Waals surface area contributed by atoms with Crippen molar-refractivity contribution < 1.29 is 23.0 Å². The van der Waals surface area contributed by atoms with Crippen LogP contribution in [-0.4, -0.2) is 41.2 Å². The predicted octanol–water partition coefficient (Wildman–Crippen LogP) is 3.08. The lowest BCUT2D eigenvalue weighted by Crippen LogP contribution is -2.36. The van der Waals surface area contributed by atoms with Gasteiger partial charge in [0.1, 0.15) is 18.4 Å². The van der Waals surface area contributed by atoms with Crippen molar-refractivity contribution in [2.75, 3.05) is 13.8 Å². The Kier molecular flexibility index (Phi) is 8.03. The molecule has 9 nitrogen and oxygen atoms in total. The maximum Gasteiger partial charge on any atom is 0.387 e. The number of alkyl halides is 2. The minimum absolute atomic E-state index is 0. The van der Waals surface area contributed by atoms with Gasteiger partial charge in [0, 0.05) is 31.8 Å². The zero-order valence-electron chi connectivity index (χ0n) is 17.0. The van der Waals surface area contributed by atoms with Gasteiger partial charge >= 0.3 is 6.61 Å². The van der Waals surface area contributed by atoms with E-state index >= 15 is 0 Å². The molecule has 0 unspecified atom stereocenters. The third-order valence-electron chi connectivity index (χ3n) is 4.52. The predicted molar refractivity (Wildman–Crippen MR) is 123 cm³/mol. The van der Waals surface area contributed by atoms with Crippen molar-refractivity contribution in [2.45, 2.75) is 19.7 Å². The number of halogens is 3. The molecule has 0 saturated heterocycles. The van der Waals surface area contributed by atoms with Crippen LogP contribution < -0.4 is 24.8 Å². The molecule has 2 heterocycles. The van der Waals surface area contributed by atoms with Gasteiger partial charge in [-0.1, -0.05) is 12.1 Å². The van der Waals surface area contributed by atoms with Crippen LogP contribution in [-0.2, 0) is 13.1 Å². The molecule has 170 valence electrons. The van der Waals surface area contributed by atoms with Gasteiger partial charge in [-0.3, -0.25) is 4.99 Å². The molecule has 0 amide bonds. The first kappa shape index (κ1) is 23.5. The number of ether oxygens (including phenoxy) is 3. The average molecular weight is 558 g/mol. The number of guanidine groups is 1. The highest BCUT2D eigenvalue weighted by atomic mass is 127. The Hall–Kier alpha value is -3.16. The molecule has 0 radical (unpaired) electrons. The van der Waals surface area contributed by atoms with E-state index in [0.717, 1.165) is 11.3 Å². The SMILES string of the molecule is CN=C(NCc1ccc(-n2cncn2)cc1)NCc1cc2c(cc1OC(F)F)OCO2.I. The number of hydrogen-bond donors (Lipinski definition) is 2. The largest absolute Gasteiger partial charge is 0.454 e. The summed E-state index contributed by atoms with van der Waals surface area (Å²) < 4.78 is 42.4. The Morgan fingerprint density at radius 3 is 2.53 bits per heavy atom. The maximum atomic E-state index is 12.8. The Labute approximate surface area is 199 Å². The third kappa shape index (κ3) is 5.75. The number of benzene rings is 2. The molecular formula is C20H21F2IN6O3. The van der Waals surface area contributed by atoms with Crippen LogP contribution in [0.2, 0.25) is 0 Å². The summed E-state index contributed by atoms with van der Waals surface area (Å²) in [6.45, 7) is -2.20. The molecule has 0 bridgehead atoms. The molecule has 0 saturated carbocycles. The van der Waals surface area contributed by atoms with Crippen LogP contribution in [0.1, 0.15) is 11.1 Å². The molecule has 1 aliphatic heterocycles. The van der Waals surface area contributed by atoms with E-state index in [9.17, 15) is 8.78 Å². The fourth-order valence-corrected chi connectivity index (χ4v) is 3.00. The fraction of sp³-hybridized carbons (Fsp3) is 0.250. The maximum absolute atomic E-state index is 12.8. The summed E-state index contributed by atoms with van der Waals surface area (Å²) >= 11 is 0. The lowest BCUT2D eigenvalue weighted by atomic mass is 10.1. The van der Waals surface area contributed by atoms with Crippen molar-refractivity contribution in [3.8, 4) is 22.9 Å². The van der Waals surface area contributed by atoms with Crippen LogP contribution in [0.15, 0.2) is 54.0 Å². The number of rotatable bonds is 7. The van der Waals surface area contributed by atoms with Crippen molar-refractivity contribution in [1.29, 1.82) is 0 Å². The lowest BCUT2D eigenvalue weighted by molar-refractivity contribution is -0.0505. The molecule has 3 aromatic rings. The lowest BCUT2D eigenvalue weighted by Gasteiger charge is -2.15. The van der Waals surface area contributed by atoms with Crippen molar-refractivity contribution in [2.24, 2.45) is 4.99 Å². The minimum atomic E-state index is -2.95. The number of nitrogens with zero attached hydrogens (tertiary/aromatic N) is 4. The highest BCUT2D eigenvalue weighted by Crippen LogP contribution is 2.38. The second-order valence-corrected chi connectivity index (χ2v) is 6.48. The first-order valence-corrected chi connectivity index (χ1v) is 9.38. The van der Waals surface area contributed by atoms with Gasteiger partial charge in [-0.25, -0.2) is 9.67 Å². The highest BCUT2D eigenvalue weighted by molar-refractivity contribution is 14.0. The molecule has 0 fully saturated rings. The highest BCUT2D eigenvalue weighted by Gasteiger charge is 2.20. The summed E-state index contributed by atoms with van der Waals surface area (Å²) in [5.74, 6) is 1.37. The molecule has 4 rings (SSSR count). The molecule has 2 aromatic carbocycles. The van der Waals surface area contributed by atoms with Gasteiger partial charge < -0.3 is 24.8 Å². The molecule has 0 aliphatic carbocycles. The van der Waals surface area contributed by atoms with E-state index in [2.05, 4.69) is 30.4 Å². The second kappa shape index (κ2) is 10.9. The van der Waals surface area contributed by atoms with Crippen molar-refractivity contribution in [1.82, 2.24) is 25.4 Å². The topological polar surface area (TPSA) is 94.8 Å². The first-order valence-electron chi connectivity index (χ1n) is 9.38. The Morgan fingerprint density at radius 2 is 1.88 bits per heavy atom. The zero-order chi connectivity index (χ0) is 21.6. The standard InChI is InChI=1S/C20H20F2N6O3.HI/c1-23-20(25-8-13-2-4-15(5-3-13)28-11-24-10-27-28)26-9-14-6-17-18(30-12-29-17)7-16(14)31-19(21)22;/h2-7,10-11,19H,8-9,12H2,1H3,(H2,23,25,26);1H. The van der Waals surface area contributed by atoms with E-state index in [1.165, 1.54) is 12.4 Å². The zero-order valence-corrected chi connectivity index (χ0v) is 19.3. The average Bonchev–Trinajstić information content (AvgIpc) is 3.46. The molecular weight excluding hydrogens is 537 g/mol. The monoisotopic (exact) mass is 558 g/mol. The Balaban J connectivity index is 0.00000289. The van der Waals surface area contributed by atoms with Gasteiger partial charge in [-0.2, -0.15) is 13.9 Å². The summed E-state index contributed by atoms with van der Waals surface area (Å²) in [5, 5.41) is 10.4. The van der Waals surface area contributed by atoms with E-state index in [-0.39, 0.29) is 43.1 Å². The number of hydrogen-bond acceptors (Lipinski definition) is 6. The van der Waals surface area contributed by atoms with Crippen LogP contribution >= 0.6 is 24.0 Å². The quantitative estimate of drug-likeness (QED) is 0.262. The summed E-state index contributed by atoms with van der Waals surface area (Å²) in [6.07, 6.45) is 3.10. The van der Waals surface area contributed by atoms with Gasteiger partial charge in [0.25, 0.3) is 0 Å². The fourth-order valence-electron chi connectivity index (χ4n) is 3.00. The molecule has 1 aromatic heterocycles. The number of aliphatic imine (C=N–C) groups is 1. The molecule has 32 heavy (non-hydrogen) atoms. The number of nitrogens with one attached hydrogen (secondary N) is 2. The summed E-state index contributed by atoms with van der Waals surface area (Å²) in [4.78, 5) is 8.09. The van der Waals surface area contributed by atoms with Crippen molar-refractivity contribution >= 4 is 29.9 Å². The summed E-state index contributed by atoms with van der Waals surface area (Å²) in [5.41, 5.74) is 2.42. The third-order valence-corrected chi connectivity index (χ3v) is 4.52. The van der Waals surface area contributed by atoms with Gasteiger partial charge in [0.15, 0.2) is 17.5 Å². The molecule has 0 atom stereocenters. The molecule has 0 spiro atoms. The van der Waals surface area contributed by atoms with Crippen LogP contribution in [0.25, 0.3) is 5.69 Å². The van der Waals surface area contributed by atoms with E-state index < -0.39 is 6.61 Å². The van der Waals surface area contributed by atoms with E-state index in [1.807, 2.05) is 24.3 Å². The van der Waals surface area contributed by atoms with Gasteiger partial charge in [-0.15, -0.1) is 24.0 Å². The van der Waals surface area contributed by atoms with Crippen LogP contribution in [0.3, 0.4) is 0 Å². The Morgan fingerprint density at radius 1 is 1.16 bits per heavy atom. The number of aromatic nitrogens is 3. The van der Waals surface area contributed by atoms with Crippen LogP contribution in [0.5, 0.6) is 17.2 Å². The summed E-state index contributed by atoms with van der Waals surface area (Å²) in [6, 6.07) is 10.8. The van der Waals surface area contributed by atoms with Gasteiger partial charge in [0.05, 0.1) is 5.69 Å². The van der Waals surface area contributed by atoms with Crippen molar-refractivity contribution in [3.63, 3.8) is 0 Å². The molecule has 1 aliphatic rings. The second-order valence-electron chi connectivity index (χ2n) is 6.48. The minimum Gasteiger partial charge on any atom is -0.454 e. The molecule has 12 heteroatoms. The smallest absolute Gasteiger partial charge is 0.387 e. The normalized spacial score (nSPS) is 12.4. The van der Waals surface area contributed by atoms with E-state index in [4.69, 9.17) is 9.47 Å². The van der Waals surface area contributed by atoms with Crippen molar-refractivity contribution in [3.05, 3.63) is 60.2 Å². The van der Waals surface area contributed by atoms with Gasteiger partial charge in [-0.05, 0) is 23.8 Å². The van der Waals surface area contributed by atoms with Crippen LogP contribution in [0, 0.1) is 0 Å². The summed E-state index contributed by atoms with van der Waals surface area (Å²) in [7, 11) is 1.62. The van der Waals surface area contributed by atoms with Crippen LogP contribution in [0.4, 0.5) is 8.78 Å². The number of fused-ring (bicyclic) bond motifs is 1. The molecule has 2 N–H and O–H groups in total.